The molecular weight excluding hydrogens is 419 g/mol. The lowest BCUT2D eigenvalue weighted by molar-refractivity contribution is -0.115. The Morgan fingerprint density at radius 1 is 1.35 bits per heavy atom. The maximum absolute atomic E-state index is 13.9. The van der Waals surface area contributed by atoms with Crippen molar-refractivity contribution in [2.45, 2.75) is 62.4 Å². The number of nitrogens with zero attached hydrogens (tertiary/aromatic N) is 3. The summed E-state index contributed by atoms with van der Waals surface area (Å²) < 4.78 is 16.7. The SMILES string of the molecule is Cc1nnc(SC(C)C(=O)Nc2ccc(Br)cc2F)n1C1CCCCC1. The third kappa shape index (κ3) is 4.46. The predicted octanol–water partition coefficient (Wildman–Crippen LogP) is 5.11. The summed E-state index contributed by atoms with van der Waals surface area (Å²) in [6.07, 6.45) is 5.95. The molecule has 1 unspecified atom stereocenters. The van der Waals surface area contributed by atoms with E-state index in [1.54, 1.807) is 19.1 Å². The number of rotatable bonds is 5. The fourth-order valence-corrected chi connectivity index (χ4v) is 4.52. The number of benzene rings is 1. The fourth-order valence-electron chi connectivity index (χ4n) is 3.23. The van der Waals surface area contributed by atoms with Crippen LogP contribution in [0.2, 0.25) is 0 Å². The summed E-state index contributed by atoms with van der Waals surface area (Å²) in [5.41, 5.74) is 0.176. The summed E-state index contributed by atoms with van der Waals surface area (Å²) in [5, 5.41) is 11.5. The zero-order chi connectivity index (χ0) is 18.7. The van der Waals surface area contributed by atoms with Gasteiger partial charge in [0.1, 0.15) is 11.6 Å². The summed E-state index contributed by atoms with van der Waals surface area (Å²) in [5.74, 6) is 0.157. The number of amides is 1. The van der Waals surface area contributed by atoms with Crippen LogP contribution < -0.4 is 5.32 Å². The number of aromatic nitrogens is 3. The monoisotopic (exact) mass is 440 g/mol. The molecule has 0 aliphatic heterocycles. The Labute approximate surface area is 165 Å². The van der Waals surface area contributed by atoms with Gasteiger partial charge in [-0.3, -0.25) is 4.79 Å². The van der Waals surface area contributed by atoms with Crippen LogP contribution in [0.4, 0.5) is 10.1 Å². The average Bonchev–Trinajstić information content (AvgIpc) is 2.98. The molecule has 1 saturated carbocycles. The van der Waals surface area contributed by atoms with Crippen LogP contribution in [0.1, 0.15) is 50.9 Å². The molecule has 1 aliphatic carbocycles. The smallest absolute Gasteiger partial charge is 0.237 e. The van der Waals surface area contributed by atoms with Gasteiger partial charge in [-0.05, 0) is 44.9 Å². The maximum Gasteiger partial charge on any atom is 0.237 e. The Bertz CT molecular complexity index is 791. The molecule has 1 aromatic heterocycles. The second-order valence-electron chi connectivity index (χ2n) is 6.57. The number of halogens is 2. The van der Waals surface area contributed by atoms with Gasteiger partial charge in [-0.25, -0.2) is 4.39 Å². The molecule has 1 aromatic carbocycles. The number of hydrogen-bond acceptors (Lipinski definition) is 4. The largest absolute Gasteiger partial charge is 0.323 e. The molecule has 2 aromatic rings. The lowest BCUT2D eigenvalue weighted by Gasteiger charge is -2.25. The van der Waals surface area contributed by atoms with Crippen LogP contribution >= 0.6 is 27.7 Å². The Morgan fingerprint density at radius 2 is 2.08 bits per heavy atom. The molecule has 5 nitrogen and oxygen atoms in total. The van der Waals surface area contributed by atoms with Crippen molar-refractivity contribution in [1.29, 1.82) is 0 Å². The van der Waals surface area contributed by atoms with Gasteiger partial charge in [-0.15, -0.1) is 10.2 Å². The minimum atomic E-state index is -0.467. The average molecular weight is 441 g/mol. The quantitative estimate of drug-likeness (QED) is 0.655. The molecule has 1 fully saturated rings. The Kier molecular flexibility index (Phi) is 6.34. The van der Waals surface area contributed by atoms with Crippen LogP contribution in [-0.4, -0.2) is 25.9 Å². The van der Waals surface area contributed by atoms with E-state index in [4.69, 9.17) is 0 Å². The molecule has 0 saturated heterocycles. The van der Waals surface area contributed by atoms with Crippen LogP contribution in [0.3, 0.4) is 0 Å². The first-order chi connectivity index (χ1) is 12.5. The van der Waals surface area contributed by atoms with Crippen molar-refractivity contribution in [2.75, 3.05) is 5.32 Å². The first-order valence-corrected chi connectivity index (χ1v) is 10.5. The van der Waals surface area contributed by atoms with E-state index in [9.17, 15) is 9.18 Å². The fraction of sp³-hybridized carbons (Fsp3) is 0.500. The Balaban J connectivity index is 1.69. The van der Waals surface area contributed by atoms with Crippen molar-refractivity contribution in [1.82, 2.24) is 14.8 Å². The van der Waals surface area contributed by atoms with E-state index in [1.807, 2.05) is 6.92 Å². The van der Waals surface area contributed by atoms with Crippen molar-refractivity contribution in [2.24, 2.45) is 0 Å². The molecular formula is C18H22BrFN4OS. The second kappa shape index (κ2) is 8.52. The zero-order valence-electron chi connectivity index (χ0n) is 14.8. The second-order valence-corrected chi connectivity index (χ2v) is 8.79. The molecule has 0 spiro atoms. The first kappa shape index (κ1) is 19.4. The normalized spacial score (nSPS) is 16.5. The molecule has 8 heteroatoms. The Morgan fingerprint density at radius 3 is 2.77 bits per heavy atom. The van der Waals surface area contributed by atoms with E-state index in [0.717, 1.165) is 23.8 Å². The number of carbonyl (C=O) groups excluding carboxylic acids is 1. The van der Waals surface area contributed by atoms with Gasteiger partial charge in [0.05, 0.1) is 10.9 Å². The standard InChI is InChI=1S/C18H22BrFN4OS/c1-11(17(25)21-16-9-8-13(19)10-15(16)20)26-18-23-22-12(2)24(18)14-6-4-3-5-7-14/h8-11,14H,3-7H2,1-2H3,(H,21,25). The molecule has 0 bridgehead atoms. The summed E-state index contributed by atoms with van der Waals surface area (Å²) in [6.45, 7) is 3.75. The third-order valence-electron chi connectivity index (χ3n) is 4.62. The lowest BCUT2D eigenvalue weighted by atomic mass is 9.95. The van der Waals surface area contributed by atoms with Crippen LogP contribution in [0, 0.1) is 12.7 Å². The van der Waals surface area contributed by atoms with E-state index in [-0.39, 0.29) is 11.6 Å². The zero-order valence-corrected chi connectivity index (χ0v) is 17.2. The van der Waals surface area contributed by atoms with E-state index in [2.05, 4.69) is 36.0 Å². The summed E-state index contributed by atoms with van der Waals surface area (Å²) >= 11 is 4.58. The number of nitrogens with one attached hydrogen (secondary N) is 1. The van der Waals surface area contributed by atoms with Crippen LogP contribution in [-0.2, 0) is 4.79 Å². The molecule has 0 radical (unpaired) electrons. The van der Waals surface area contributed by atoms with Gasteiger partial charge in [0, 0.05) is 10.5 Å². The van der Waals surface area contributed by atoms with Crippen LogP contribution in [0.5, 0.6) is 0 Å². The van der Waals surface area contributed by atoms with Gasteiger partial charge < -0.3 is 9.88 Å². The van der Waals surface area contributed by atoms with Gasteiger partial charge in [-0.1, -0.05) is 47.0 Å². The molecule has 26 heavy (non-hydrogen) atoms. The van der Waals surface area contributed by atoms with Crippen LogP contribution in [0.15, 0.2) is 27.8 Å². The maximum atomic E-state index is 13.9. The lowest BCUT2D eigenvalue weighted by Crippen LogP contribution is -2.24. The number of anilines is 1. The van der Waals surface area contributed by atoms with Crippen molar-refractivity contribution in [3.63, 3.8) is 0 Å². The highest BCUT2D eigenvalue weighted by Crippen LogP contribution is 2.34. The minimum Gasteiger partial charge on any atom is -0.323 e. The van der Waals surface area contributed by atoms with E-state index >= 15 is 0 Å². The summed E-state index contributed by atoms with van der Waals surface area (Å²) in [6, 6.07) is 4.97. The molecule has 1 heterocycles. The van der Waals surface area contributed by atoms with Crippen LogP contribution in [0.25, 0.3) is 0 Å². The van der Waals surface area contributed by atoms with Crippen molar-refractivity contribution >= 4 is 39.3 Å². The highest BCUT2D eigenvalue weighted by atomic mass is 79.9. The highest BCUT2D eigenvalue weighted by Gasteiger charge is 2.24. The van der Waals surface area contributed by atoms with Gasteiger partial charge >= 0.3 is 0 Å². The molecule has 1 amide bonds. The molecule has 1 atom stereocenters. The van der Waals surface area contributed by atoms with Gasteiger partial charge in [0.15, 0.2) is 5.16 Å². The highest BCUT2D eigenvalue weighted by molar-refractivity contribution is 9.10. The summed E-state index contributed by atoms with van der Waals surface area (Å²) in [4.78, 5) is 12.5. The number of carbonyl (C=O) groups is 1. The van der Waals surface area contributed by atoms with Gasteiger partial charge in [0.25, 0.3) is 0 Å². The topological polar surface area (TPSA) is 59.8 Å². The molecule has 1 N–H and O–H groups in total. The van der Waals surface area contributed by atoms with Crippen molar-refractivity contribution in [3.05, 3.63) is 34.3 Å². The minimum absolute atomic E-state index is 0.176. The predicted molar refractivity (Wildman–Crippen MR) is 105 cm³/mol. The molecule has 140 valence electrons. The van der Waals surface area contributed by atoms with E-state index < -0.39 is 11.1 Å². The Hall–Kier alpha value is -1.41. The number of thioether (sulfide) groups is 1. The van der Waals surface area contributed by atoms with Gasteiger partial charge in [0.2, 0.25) is 5.91 Å². The van der Waals surface area contributed by atoms with E-state index in [0.29, 0.717) is 10.5 Å². The van der Waals surface area contributed by atoms with Gasteiger partial charge in [-0.2, -0.15) is 0 Å². The van der Waals surface area contributed by atoms with Crippen molar-refractivity contribution < 1.29 is 9.18 Å². The number of aryl methyl sites for hydroxylation is 1. The van der Waals surface area contributed by atoms with Crippen molar-refractivity contribution in [3.8, 4) is 0 Å². The first-order valence-electron chi connectivity index (χ1n) is 8.80. The summed E-state index contributed by atoms with van der Waals surface area (Å²) in [7, 11) is 0. The molecule has 3 rings (SSSR count). The molecule has 1 aliphatic rings. The number of hydrogen-bond donors (Lipinski definition) is 1. The van der Waals surface area contributed by atoms with E-state index in [1.165, 1.54) is 37.1 Å². The third-order valence-corrected chi connectivity index (χ3v) is 6.17.